The lowest BCUT2D eigenvalue weighted by Crippen LogP contribution is -2.37. The van der Waals surface area contributed by atoms with E-state index in [1.165, 1.54) is 0 Å². The third-order valence-corrected chi connectivity index (χ3v) is 5.75. The maximum atomic E-state index is 12.5. The van der Waals surface area contributed by atoms with Crippen molar-refractivity contribution < 1.29 is 8.42 Å². The lowest BCUT2D eigenvalue weighted by molar-refractivity contribution is 0.288. The molecule has 1 saturated heterocycles. The SMILES string of the molecule is Cc1ccc(S(=O)(=O)N2CCC(C)CC2)cc1C. The molecule has 0 aliphatic carbocycles. The summed E-state index contributed by atoms with van der Waals surface area (Å²) in [6, 6.07) is 5.38. The quantitative estimate of drug-likeness (QED) is 0.826. The van der Waals surface area contributed by atoms with E-state index in [1.807, 2.05) is 19.9 Å². The van der Waals surface area contributed by atoms with Gasteiger partial charge in [0.1, 0.15) is 0 Å². The van der Waals surface area contributed by atoms with E-state index in [4.69, 9.17) is 0 Å². The first kappa shape index (κ1) is 13.6. The number of sulfonamides is 1. The van der Waals surface area contributed by atoms with Crippen molar-refractivity contribution in [3.63, 3.8) is 0 Å². The molecular weight excluding hydrogens is 246 g/mol. The number of hydrogen-bond donors (Lipinski definition) is 0. The monoisotopic (exact) mass is 267 g/mol. The van der Waals surface area contributed by atoms with Crippen LogP contribution in [-0.2, 0) is 10.0 Å². The molecule has 0 amide bonds. The maximum Gasteiger partial charge on any atom is 0.243 e. The molecule has 3 nitrogen and oxygen atoms in total. The van der Waals surface area contributed by atoms with Gasteiger partial charge in [0.2, 0.25) is 10.0 Å². The summed E-state index contributed by atoms with van der Waals surface area (Å²) >= 11 is 0. The van der Waals surface area contributed by atoms with Gasteiger partial charge in [0.15, 0.2) is 0 Å². The number of hydrogen-bond acceptors (Lipinski definition) is 2. The Balaban J connectivity index is 2.27. The molecule has 0 radical (unpaired) electrons. The van der Waals surface area contributed by atoms with E-state index in [0.29, 0.717) is 23.9 Å². The first-order valence-electron chi connectivity index (χ1n) is 6.48. The van der Waals surface area contributed by atoms with Crippen LogP contribution in [0.2, 0.25) is 0 Å². The van der Waals surface area contributed by atoms with Crippen LogP contribution in [0.3, 0.4) is 0 Å². The molecule has 1 fully saturated rings. The number of aryl methyl sites for hydroxylation is 2. The summed E-state index contributed by atoms with van der Waals surface area (Å²) in [5.74, 6) is 0.635. The molecule has 0 N–H and O–H groups in total. The average molecular weight is 267 g/mol. The van der Waals surface area contributed by atoms with Gasteiger partial charge in [0, 0.05) is 13.1 Å². The zero-order chi connectivity index (χ0) is 13.3. The van der Waals surface area contributed by atoms with Crippen molar-refractivity contribution in [3.8, 4) is 0 Å². The minimum Gasteiger partial charge on any atom is -0.207 e. The van der Waals surface area contributed by atoms with Crippen molar-refractivity contribution in [2.75, 3.05) is 13.1 Å². The molecule has 1 aliphatic heterocycles. The molecule has 1 aliphatic rings. The van der Waals surface area contributed by atoms with Crippen LogP contribution in [0.5, 0.6) is 0 Å². The van der Waals surface area contributed by atoms with Crippen LogP contribution >= 0.6 is 0 Å². The molecule has 2 rings (SSSR count). The van der Waals surface area contributed by atoms with Crippen molar-refractivity contribution in [2.45, 2.75) is 38.5 Å². The van der Waals surface area contributed by atoms with E-state index in [-0.39, 0.29) is 0 Å². The van der Waals surface area contributed by atoms with Gasteiger partial charge in [-0.05, 0) is 55.9 Å². The fourth-order valence-corrected chi connectivity index (χ4v) is 3.80. The topological polar surface area (TPSA) is 37.4 Å². The van der Waals surface area contributed by atoms with Crippen molar-refractivity contribution in [2.24, 2.45) is 5.92 Å². The predicted molar refractivity (Wildman–Crippen MR) is 73.1 cm³/mol. The minimum atomic E-state index is -3.29. The summed E-state index contributed by atoms with van der Waals surface area (Å²) < 4.78 is 26.6. The van der Waals surface area contributed by atoms with Crippen molar-refractivity contribution in [1.82, 2.24) is 4.31 Å². The first-order chi connectivity index (χ1) is 8.41. The fourth-order valence-electron chi connectivity index (χ4n) is 2.25. The van der Waals surface area contributed by atoms with Crippen LogP contribution in [0, 0.1) is 19.8 Å². The smallest absolute Gasteiger partial charge is 0.207 e. The van der Waals surface area contributed by atoms with Crippen molar-refractivity contribution in [1.29, 1.82) is 0 Å². The molecule has 0 spiro atoms. The standard InChI is InChI=1S/C14H21NO2S/c1-11-6-8-15(9-7-11)18(16,17)14-5-4-12(2)13(3)10-14/h4-5,10-11H,6-9H2,1-3H3. The summed E-state index contributed by atoms with van der Waals surface area (Å²) in [6.07, 6.45) is 1.92. The number of nitrogens with zero attached hydrogens (tertiary/aromatic N) is 1. The Morgan fingerprint density at radius 2 is 1.72 bits per heavy atom. The van der Waals surface area contributed by atoms with Gasteiger partial charge >= 0.3 is 0 Å². The molecule has 1 aromatic rings. The molecule has 1 heterocycles. The lowest BCUT2D eigenvalue weighted by Gasteiger charge is -2.29. The number of piperidine rings is 1. The second-order valence-corrected chi connectivity index (χ2v) is 7.27. The van der Waals surface area contributed by atoms with Crippen LogP contribution in [0.1, 0.15) is 30.9 Å². The highest BCUT2D eigenvalue weighted by atomic mass is 32.2. The van der Waals surface area contributed by atoms with Gasteiger partial charge < -0.3 is 0 Å². The van der Waals surface area contributed by atoms with Gasteiger partial charge in [0.25, 0.3) is 0 Å². The molecule has 100 valence electrons. The highest BCUT2D eigenvalue weighted by Gasteiger charge is 2.27. The van der Waals surface area contributed by atoms with Crippen LogP contribution in [0.15, 0.2) is 23.1 Å². The Kier molecular flexibility index (Phi) is 3.78. The van der Waals surface area contributed by atoms with Crippen LogP contribution in [0.25, 0.3) is 0 Å². The van der Waals surface area contributed by atoms with E-state index >= 15 is 0 Å². The zero-order valence-corrected chi connectivity index (χ0v) is 12.1. The van der Waals surface area contributed by atoms with Gasteiger partial charge in [-0.3, -0.25) is 0 Å². The molecule has 4 heteroatoms. The zero-order valence-electron chi connectivity index (χ0n) is 11.3. The van der Waals surface area contributed by atoms with E-state index < -0.39 is 10.0 Å². The Morgan fingerprint density at radius 3 is 2.28 bits per heavy atom. The molecule has 0 atom stereocenters. The van der Waals surface area contributed by atoms with E-state index in [0.717, 1.165) is 24.0 Å². The van der Waals surface area contributed by atoms with Crippen molar-refractivity contribution in [3.05, 3.63) is 29.3 Å². The summed E-state index contributed by atoms with van der Waals surface area (Å²) in [6.45, 7) is 7.42. The predicted octanol–water partition coefficient (Wildman–Crippen LogP) is 2.72. The summed E-state index contributed by atoms with van der Waals surface area (Å²) in [7, 11) is -3.29. The largest absolute Gasteiger partial charge is 0.243 e. The molecule has 1 aromatic carbocycles. The van der Waals surface area contributed by atoms with Gasteiger partial charge in [0.05, 0.1) is 4.90 Å². The van der Waals surface area contributed by atoms with Gasteiger partial charge in [-0.1, -0.05) is 13.0 Å². The van der Waals surface area contributed by atoms with Crippen LogP contribution < -0.4 is 0 Å². The third-order valence-electron chi connectivity index (χ3n) is 3.86. The lowest BCUT2D eigenvalue weighted by atomic mass is 10.0. The van der Waals surface area contributed by atoms with Gasteiger partial charge in [-0.25, -0.2) is 8.42 Å². The Hall–Kier alpha value is -0.870. The van der Waals surface area contributed by atoms with Gasteiger partial charge in [-0.2, -0.15) is 4.31 Å². The summed E-state index contributed by atoms with van der Waals surface area (Å²) in [4.78, 5) is 0.431. The van der Waals surface area contributed by atoms with Crippen LogP contribution in [-0.4, -0.2) is 25.8 Å². The number of benzene rings is 1. The second kappa shape index (κ2) is 5.02. The molecule has 0 bridgehead atoms. The fraction of sp³-hybridized carbons (Fsp3) is 0.571. The average Bonchev–Trinajstić information content (AvgIpc) is 2.33. The Morgan fingerprint density at radius 1 is 1.11 bits per heavy atom. The molecule has 0 aromatic heterocycles. The highest BCUT2D eigenvalue weighted by Crippen LogP contribution is 2.24. The third kappa shape index (κ3) is 2.59. The highest BCUT2D eigenvalue weighted by molar-refractivity contribution is 7.89. The first-order valence-corrected chi connectivity index (χ1v) is 7.92. The van der Waals surface area contributed by atoms with Crippen molar-refractivity contribution >= 4 is 10.0 Å². The number of rotatable bonds is 2. The van der Waals surface area contributed by atoms with E-state index in [9.17, 15) is 8.42 Å². The summed E-state index contributed by atoms with van der Waals surface area (Å²) in [5.41, 5.74) is 2.16. The normalized spacial score (nSPS) is 19.1. The van der Waals surface area contributed by atoms with Crippen LogP contribution in [0.4, 0.5) is 0 Å². The Labute approximate surface area is 110 Å². The molecule has 0 saturated carbocycles. The van der Waals surface area contributed by atoms with Gasteiger partial charge in [-0.15, -0.1) is 0 Å². The minimum absolute atomic E-state index is 0.431. The van der Waals surface area contributed by atoms with E-state index in [1.54, 1.807) is 16.4 Å². The molecule has 0 unspecified atom stereocenters. The maximum absolute atomic E-state index is 12.5. The Bertz CT molecular complexity index is 529. The molecule has 18 heavy (non-hydrogen) atoms. The second-order valence-electron chi connectivity index (χ2n) is 5.33. The van der Waals surface area contributed by atoms with E-state index in [2.05, 4.69) is 6.92 Å². The molecular formula is C14H21NO2S. The summed E-state index contributed by atoms with van der Waals surface area (Å²) in [5, 5.41) is 0.